The van der Waals surface area contributed by atoms with E-state index in [-0.39, 0.29) is 13.0 Å². The lowest BCUT2D eigenvalue weighted by Gasteiger charge is -2.20. The number of unbranched alkanes of at least 4 members (excludes halogenated alkanes) is 17. The number of hydrogen-bond acceptors (Lipinski definition) is 8. The highest BCUT2D eigenvalue weighted by Crippen LogP contribution is 2.43. The number of carboxylic acid groups (broad SMARTS) is 1. The number of aliphatic carboxylic acids is 1. The molecule has 59 heavy (non-hydrogen) atoms. The Balaban J connectivity index is 4.29. The first kappa shape index (κ1) is 56.4. The normalized spacial score (nSPS) is 14.5. The summed E-state index contributed by atoms with van der Waals surface area (Å²) in [7, 11) is -4.64. The topological polar surface area (TPSA) is 155 Å². The summed E-state index contributed by atoms with van der Waals surface area (Å²) in [6, 6.07) is -1.49. The van der Waals surface area contributed by atoms with Gasteiger partial charge in [-0.2, -0.15) is 0 Å². The van der Waals surface area contributed by atoms with Crippen molar-refractivity contribution in [3.63, 3.8) is 0 Å². The maximum absolute atomic E-state index is 12.7. The molecule has 0 spiro atoms. The molecular weight excluding hydrogens is 765 g/mol. The number of esters is 1. The molecular formula is C48H84NO9P. The number of phosphoric acid groups is 1. The summed E-state index contributed by atoms with van der Waals surface area (Å²) in [5, 5.41) is 8.90. The van der Waals surface area contributed by atoms with E-state index >= 15 is 0 Å². The van der Waals surface area contributed by atoms with Crippen LogP contribution in [-0.2, 0) is 32.7 Å². The number of phosphoric ester groups is 1. The van der Waals surface area contributed by atoms with Crippen LogP contribution in [0.4, 0.5) is 0 Å². The monoisotopic (exact) mass is 850 g/mol. The van der Waals surface area contributed by atoms with E-state index in [1.165, 1.54) is 96.3 Å². The lowest BCUT2D eigenvalue weighted by molar-refractivity contribution is -0.154. The Bertz CT molecular complexity index is 1210. The second-order valence-electron chi connectivity index (χ2n) is 15.1. The molecule has 0 aliphatic rings. The van der Waals surface area contributed by atoms with Gasteiger partial charge in [0, 0.05) is 6.42 Å². The highest BCUT2D eigenvalue weighted by molar-refractivity contribution is 7.47. The Labute approximate surface area is 359 Å². The van der Waals surface area contributed by atoms with Gasteiger partial charge in [-0.1, -0.05) is 177 Å². The van der Waals surface area contributed by atoms with Gasteiger partial charge in [-0.05, 0) is 70.6 Å². The van der Waals surface area contributed by atoms with Crippen LogP contribution in [0, 0.1) is 0 Å². The number of allylic oxidation sites excluding steroid dienone is 11. The van der Waals surface area contributed by atoms with Crippen LogP contribution in [0.25, 0.3) is 0 Å². The highest BCUT2D eigenvalue weighted by Gasteiger charge is 2.27. The van der Waals surface area contributed by atoms with Crippen molar-refractivity contribution < 1.29 is 42.7 Å². The van der Waals surface area contributed by atoms with E-state index in [4.69, 9.17) is 29.4 Å². The molecule has 0 amide bonds. The predicted octanol–water partition coefficient (Wildman–Crippen LogP) is 13.0. The molecule has 0 aromatic carbocycles. The van der Waals surface area contributed by atoms with Crippen molar-refractivity contribution in [2.75, 3.05) is 26.4 Å². The molecule has 0 aromatic rings. The minimum Gasteiger partial charge on any atom is -0.480 e. The number of nitrogens with two attached hydrogens (primary N) is 1. The van der Waals surface area contributed by atoms with Crippen LogP contribution in [0.5, 0.6) is 0 Å². The SMILES string of the molecule is CC/C=C\C/C=C\C/C=C\C/C=C\C/C=C\CCOCC(COP(=O)(O)OCC(N)C(=O)O)OC(=O)CCCCCCCCCCC/C=C\CCCCCCCCCC. The quantitative estimate of drug-likeness (QED) is 0.0234. The van der Waals surface area contributed by atoms with E-state index in [1.807, 2.05) is 6.08 Å². The molecule has 0 aliphatic carbocycles. The van der Waals surface area contributed by atoms with Crippen molar-refractivity contribution in [3.05, 3.63) is 72.9 Å². The Hall–Kier alpha value is -2.59. The van der Waals surface area contributed by atoms with Crippen molar-refractivity contribution in [1.82, 2.24) is 0 Å². The average molecular weight is 850 g/mol. The molecule has 0 saturated carbocycles. The van der Waals surface area contributed by atoms with Gasteiger partial charge in [0.1, 0.15) is 12.1 Å². The molecule has 11 heteroatoms. The first-order valence-corrected chi connectivity index (χ1v) is 24.5. The molecule has 0 heterocycles. The number of carboxylic acids is 1. The summed E-state index contributed by atoms with van der Waals surface area (Å²) in [5.74, 6) is -1.82. The van der Waals surface area contributed by atoms with Gasteiger partial charge in [0.15, 0.2) is 0 Å². The van der Waals surface area contributed by atoms with Crippen molar-refractivity contribution in [2.45, 2.75) is 193 Å². The van der Waals surface area contributed by atoms with Gasteiger partial charge >= 0.3 is 19.8 Å². The molecule has 0 aliphatic heterocycles. The standard InChI is InChI=1S/C48H84NO9P/c1-3-5-7-9-11-13-15-17-19-21-22-23-24-25-26-28-30-32-34-36-38-40-47(50)58-45(43-56-59(53,54)57-44-46(49)48(51)52)42-55-41-39-37-35-33-31-29-27-20-18-16-14-12-10-8-6-4-2/h6,8,12,14,18,20-22,29,31,35,37,45-46H,3-5,7,9-11,13,15-17,19,23-28,30,32-34,36,38-44,49H2,1-2H3,(H,51,52)(H,53,54)/b8-6-,14-12-,20-18-,22-21-,31-29-,37-35-. The van der Waals surface area contributed by atoms with Crippen molar-refractivity contribution in [2.24, 2.45) is 5.73 Å². The predicted molar refractivity (Wildman–Crippen MR) is 244 cm³/mol. The van der Waals surface area contributed by atoms with Crippen LogP contribution in [0.15, 0.2) is 72.9 Å². The average Bonchev–Trinajstić information content (AvgIpc) is 3.21. The van der Waals surface area contributed by atoms with Gasteiger partial charge in [0.25, 0.3) is 0 Å². The molecule has 340 valence electrons. The third-order valence-corrected chi connectivity index (χ3v) is 10.4. The summed E-state index contributed by atoms with van der Waals surface area (Å²) in [6.45, 7) is 3.54. The summed E-state index contributed by atoms with van der Waals surface area (Å²) < 4.78 is 33.3. The fraction of sp³-hybridized carbons (Fsp3) is 0.708. The molecule has 10 nitrogen and oxygen atoms in total. The number of ether oxygens (including phenoxy) is 2. The van der Waals surface area contributed by atoms with Crippen LogP contribution in [0.2, 0.25) is 0 Å². The van der Waals surface area contributed by atoms with Crippen molar-refractivity contribution in [3.8, 4) is 0 Å². The van der Waals surface area contributed by atoms with Crippen LogP contribution in [0.3, 0.4) is 0 Å². The van der Waals surface area contributed by atoms with E-state index in [0.717, 1.165) is 51.4 Å². The van der Waals surface area contributed by atoms with E-state index in [0.29, 0.717) is 19.4 Å². The van der Waals surface area contributed by atoms with Crippen molar-refractivity contribution >= 4 is 19.8 Å². The first-order chi connectivity index (χ1) is 28.7. The van der Waals surface area contributed by atoms with Crippen LogP contribution < -0.4 is 5.73 Å². The Kier molecular flexibility index (Phi) is 41.6. The second-order valence-corrected chi connectivity index (χ2v) is 16.6. The van der Waals surface area contributed by atoms with E-state index in [2.05, 4.69) is 80.7 Å². The lowest BCUT2D eigenvalue weighted by atomic mass is 10.1. The summed E-state index contributed by atoms with van der Waals surface area (Å²) in [6.07, 6.45) is 54.1. The van der Waals surface area contributed by atoms with Crippen LogP contribution in [0.1, 0.15) is 181 Å². The molecule has 0 aromatic heterocycles. The van der Waals surface area contributed by atoms with E-state index in [1.54, 1.807) is 0 Å². The molecule has 0 fully saturated rings. The zero-order chi connectivity index (χ0) is 43.3. The third-order valence-electron chi connectivity index (χ3n) is 9.49. The van der Waals surface area contributed by atoms with E-state index in [9.17, 15) is 19.0 Å². The number of hydrogen-bond donors (Lipinski definition) is 3. The first-order valence-electron chi connectivity index (χ1n) is 23.0. The molecule has 0 radical (unpaired) electrons. The largest absolute Gasteiger partial charge is 0.480 e. The van der Waals surface area contributed by atoms with Gasteiger partial charge in [0.05, 0.1) is 26.4 Å². The second kappa shape index (κ2) is 43.5. The Morgan fingerprint density at radius 1 is 0.559 bits per heavy atom. The van der Waals surface area contributed by atoms with Crippen molar-refractivity contribution in [1.29, 1.82) is 0 Å². The maximum atomic E-state index is 12.7. The number of carbonyl (C=O) groups excluding carboxylic acids is 1. The summed E-state index contributed by atoms with van der Waals surface area (Å²) >= 11 is 0. The molecule has 0 saturated heterocycles. The van der Waals surface area contributed by atoms with Gasteiger partial charge in [0.2, 0.25) is 0 Å². The molecule has 3 unspecified atom stereocenters. The van der Waals surface area contributed by atoms with Gasteiger partial charge in [-0.25, -0.2) is 4.57 Å². The fourth-order valence-electron chi connectivity index (χ4n) is 5.96. The maximum Gasteiger partial charge on any atom is 0.472 e. The van der Waals surface area contributed by atoms with Gasteiger partial charge in [-0.3, -0.25) is 18.6 Å². The zero-order valence-electron chi connectivity index (χ0n) is 37.1. The fourth-order valence-corrected chi connectivity index (χ4v) is 6.73. The smallest absolute Gasteiger partial charge is 0.472 e. The Morgan fingerprint density at radius 3 is 1.47 bits per heavy atom. The highest BCUT2D eigenvalue weighted by atomic mass is 31.2. The molecule has 3 atom stereocenters. The van der Waals surface area contributed by atoms with E-state index < -0.39 is 45.1 Å². The number of carbonyl (C=O) groups is 2. The summed E-state index contributed by atoms with van der Waals surface area (Å²) in [5.41, 5.74) is 5.35. The van der Waals surface area contributed by atoms with Gasteiger partial charge in [-0.15, -0.1) is 0 Å². The Morgan fingerprint density at radius 2 is 0.983 bits per heavy atom. The summed E-state index contributed by atoms with van der Waals surface area (Å²) in [4.78, 5) is 33.6. The minimum atomic E-state index is -4.64. The third kappa shape index (κ3) is 43.3. The van der Waals surface area contributed by atoms with Crippen LogP contribution in [-0.4, -0.2) is 60.5 Å². The minimum absolute atomic E-state index is 0.0410. The molecule has 4 N–H and O–H groups in total. The van der Waals surface area contributed by atoms with Gasteiger partial charge < -0.3 is 25.2 Å². The zero-order valence-corrected chi connectivity index (χ0v) is 38.0. The molecule has 0 rings (SSSR count). The van der Waals surface area contributed by atoms with Crippen LogP contribution >= 0.6 is 7.82 Å². The number of rotatable bonds is 43. The lowest BCUT2D eigenvalue weighted by Crippen LogP contribution is -2.34. The molecule has 0 bridgehead atoms.